The van der Waals surface area contributed by atoms with Crippen LogP contribution in [-0.2, 0) is 0 Å². The summed E-state index contributed by atoms with van der Waals surface area (Å²) in [5.41, 5.74) is 3.23. The monoisotopic (exact) mass is 441 g/mol. The number of hydrogen-bond acceptors (Lipinski definition) is 3. The number of hydrogen-bond donors (Lipinski definition) is 2. The van der Waals surface area contributed by atoms with Crippen LogP contribution in [0.3, 0.4) is 0 Å². The Hall–Kier alpha value is -2.31. The van der Waals surface area contributed by atoms with Crippen molar-refractivity contribution >= 4 is 5.69 Å². The largest absolute Gasteiger partial charge is 0.380 e. The Morgan fingerprint density at radius 2 is 1.91 bits per heavy atom. The van der Waals surface area contributed by atoms with Crippen LogP contribution >= 0.6 is 0 Å². The van der Waals surface area contributed by atoms with Gasteiger partial charge in [-0.3, -0.25) is 4.90 Å². The first kappa shape index (κ1) is 21.5. The molecule has 2 saturated heterocycles. The van der Waals surface area contributed by atoms with Crippen LogP contribution in [-0.4, -0.2) is 42.3 Å². The third kappa shape index (κ3) is 3.84. The van der Waals surface area contributed by atoms with E-state index in [0.717, 1.165) is 48.2 Å². The normalized spacial score (nSPS) is 25.8. The van der Waals surface area contributed by atoms with Crippen molar-refractivity contribution in [3.05, 3.63) is 75.9 Å². The Morgan fingerprint density at radius 3 is 2.53 bits per heavy atom. The van der Waals surface area contributed by atoms with E-state index in [0.29, 0.717) is 5.69 Å². The lowest BCUT2D eigenvalue weighted by Gasteiger charge is -2.45. The number of allylic oxidation sites excluding steroid dienone is 6. The second-order valence-electron chi connectivity index (χ2n) is 10.0. The minimum Gasteiger partial charge on any atom is -0.380 e. The van der Waals surface area contributed by atoms with Crippen molar-refractivity contribution in [1.29, 1.82) is 0 Å². The fourth-order valence-electron chi connectivity index (χ4n) is 5.35. The molecule has 0 saturated carbocycles. The minimum atomic E-state index is -1.49. The molecule has 3 nitrogen and oxygen atoms in total. The van der Waals surface area contributed by atoms with Gasteiger partial charge in [0.2, 0.25) is 0 Å². The van der Waals surface area contributed by atoms with Gasteiger partial charge in [0, 0.05) is 36.9 Å². The molecule has 0 aromatic heterocycles. The topological polar surface area (TPSA) is 27.3 Å². The zero-order valence-corrected chi connectivity index (χ0v) is 18.8. The van der Waals surface area contributed by atoms with Gasteiger partial charge in [0.05, 0.1) is 12.1 Å². The molecule has 4 aliphatic rings. The smallest absolute Gasteiger partial charge is 0.133 e. The van der Waals surface area contributed by atoms with Gasteiger partial charge in [-0.25, -0.2) is 13.2 Å². The molecule has 2 N–H and O–H groups in total. The van der Waals surface area contributed by atoms with E-state index in [9.17, 15) is 4.39 Å². The van der Waals surface area contributed by atoms with E-state index in [1.54, 1.807) is 0 Å². The molecule has 0 amide bonds. The van der Waals surface area contributed by atoms with Gasteiger partial charge in [-0.1, -0.05) is 24.3 Å². The SMILES string of the molecule is C[C@@H]1CC2=CC3=CC=CCC3=C2[C@H](c2c(F)cc(NC3CNC3)cc2F)N1CC(C)(C)F. The molecule has 0 radical (unpaired) electrons. The zero-order chi connectivity index (χ0) is 22.6. The number of fused-ring (bicyclic) bond motifs is 2. The highest BCUT2D eigenvalue weighted by Crippen LogP contribution is 2.51. The van der Waals surface area contributed by atoms with E-state index in [2.05, 4.69) is 28.9 Å². The van der Waals surface area contributed by atoms with Crippen molar-refractivity contribution in [3.8, 4) is 0 Å². The Balaban J connectivity index is 1.63. The van der Waals surface area contributed by atoms with E-state index in [-0.39, 0.29) is 24.2 Å². The fraction of sp³-hybridized carbons (Fsp3) is 0.462. The van der Waals surface area contributed by atoms with Crippen molar-refractivity contribution in [1.82, 2.24) is 10.2 Å². The van der Waals surface area contributed by atoms with Gasteiger partial charge in [-0.15, -0.1) is 0 Å². The molecule has 170 valence electrons. The predicted octanol–water partition coefficient (Wildman–Crippen LogP) is 5.35. The van der Waals surface area contributed by atoms with Crippen LogP contribution in [0.4, 0.5) is 18.9 Å². The molecule has 0 spiro atoms. The molecule has 0 unspecified atom stereocenters. The summed E-state index contributed by atoms with van der Waals surface area (Å²) in [6, 6.07) is 2.24. The highest BCUT2D eigenvalue weighted by molar-refractivity contribution is 5.65. The molecule has 1 aromatic carbocycles. The molecule has 2 heterocycles. The van der Waals surface area contributed by atoms with Crippen molar-refractivity contribution in [2.45, 2.75) is 57.4 Å². The molecule has 2 aliphatic heterocycles. The predicted molar refractivity (Wildman–Crippen MR) is 122 cm³/mol. The molecule has 2 aliphatic carbocycles. The molecular formula is C26H30F3N3. The van der Waals surface area contributed by atoms with E-state index in [1.165, 1.54) is 26.0 Å². The molecule has 6 heteroatoms. The third-order valence-electron chi connectivity index (χ3n) is 6.83. The standard InChI is InChI=1S/C26H30F3N3/c1-15-8-17-9-16-6-4-5-7-20(16)23(17)25(32(15)14-26(2,3)29)24-21(27)10-18(11-22(24)28)31-19-12-30-13-19/h4-6,9-11,15,19,25,30-31H,7-8,12-14H2,1-3H3/t15-,25-/m1/s1. The number of halogens is 3. The summed E-state index contributed by atoms with van der Waals surface area (Å²) >= 11 is 0. The summed E-state index contributed by atoms with van der Waals surface area (Å²) in [5, 5.41) is 6.32. The van der Waals surface area contributed by atoms with Gasteiger partial charge in [0.15, 0.2) is 0 Å². The second kappa shape index (κ2) is 7.92. The number of alkyl halides is 1. The summed E-state index contributed by atoms with van der Waals surface area (Å²) in [5.74, 6) is -1.17. The van der Waals surface area contributed by atoms with Crippen LogP contribution < -0.4 is 10.6 Å². The van der Waals surface area contributed by atoms with Crippen LogP contribution in [0.5, 0.6) is 0 Å². The third-order valence-corrected chi connectivity index (χ3v) is 6.83. The number of nitrogens with one attached hydrogen (secondary N) is 2. The molecule has 1 aromatic rings. The van der Waals surface area contributed by atoms with E-state index < -0.39 is 23.3 Å². The summed E-state index contributed by atoms with van der Waals surface area (Å²) in [6.45, 7) is 6.72. The van der Waals surface area contributed by atoms with E-state index in [1.807, 2.05) is 17.9 Å². The van der Waals surface area contributed by atoms with Gasteiger partial charge in [0.25, 0.3) is 0 Å². The van der Waals surface area contributed by atoms with Crippen molar-refractivity contribution in [3.63, 3.8) is 0 Å². The van der Waals surface area contributed by atoms with E-state index in [4.69, 9.17) is 0 Å². The van der Waals surface area contributed by atoms with Crippen LogP contribution in [0.25, 0.3) is 0 Å². The van der Waals surface area contributed by atoms with Gasteiger partial charge >= 0.3 is 0 Å². The molecule has 0 bridgehead atoms. The maximum absolute atomic E-state index is 15.6. The molecular weight excluding hydrogens is 411 g/mol. The lowest BCUT2D eigenvalue weighted by atomic mass is 9.81. The van der Waals surface area contributed by atoms with Crippen LogP contribution in [0, 0.1) is 11.6 Å². The highest BCUT2D eigenvalue weighted by atomic mass is 19.1. The number of likely N-dealkylation sites (tertiary alicyclic amines) is 1. The van der Waals surface area contributed by atoms with Crippen LogP contribution in [0.2, 0.25) is 0 Å². The lowest BCUT2D eigenvalue weighted by molar-refractivity contribution is 0.0635. The lowest BCUT2D eigenvalue weighted by Crippen LogP contribution is -2.51. The van der Waals surface area contributed by atoms with Crippen LogP contribution in [0.1, 0.15) is 45.2 Å². The molecule has 2 atom stereocenters. The Labute approximate surface area is 187 Å². The number of anilines is 1. The summed E-state index contributed by atoms with van der Waals surface area (Å²) in [7, 11) is 0. The number of benzene rings is 1. The Kier molecular flexibility index (Phi) is 5.33. The first-order chi connectivity index (χ1) is 15.2. The first-order valence-electron chi connectivity index (χ1n) is 11.4. The fourth-order valence-corrected chi connectivity index (χ4v) is 5.35. The number of piperidine rings is 1. The molecule has 2 fully saturated rings. The second-order valence-corrected chi connectivity index (χ2v) is 10.0. The molecule has 32 heavy (non-hydrogen) atoms. The maximum atomic E-state index is 15.6. The van der Waals surface area contributed by atoms with Gasteiger partial charge in [0.1, 0.15) is 17.3 Å². The number of nitrogens with zero attached hydrogens (tertiary/aromatic N) is 1. The first-order valence-corrected chi connectivity index (χ1v) is 11.4. The zero-order valence-electron chi connectivity index (χ0n) is 18.8. The molecule has 5 rings (SSSR count). The average Bonchev–Trinajstić information content (AvgIpc) is 3.03. The Morgan fingerprint density at radius 1 is 1.19 bits per heavy atom. The maximum Gasteiger partial charge on any atom is 0.133 e. The highest BCUT2D eigenvalue weighted by Gasteiger charge is 2.43. The van der Waals surface area contributed by atoms with Crippen LogP contribution in [0.15, 0.2) is 58.7 Å². The van der Waals surface area contributed by atoms with Gasteiger partial charge < -0.3 is 10.6 Å². The number of rotatable bonds is 5. The van der Waals surface area contributed by atoms with E-state index >= 15 is 8.78 Å². The summed E-state index contributed by atoms with van der Waals surface area (Å²) in [6.07, 6.45) is 9.73. The van der Waals surface area contributed by atoms with Crippen molar-refractivity contribution < 1.29 is 13.2 Å². The average molecular weight is 442 g/mol. The summed E-state index contributed by atoms with van der Waals surface area (Å²) in [4.78, 5) is 1.95. The van der Waals surface area contributed by atoms with Crippen molar-refractivity contribution in [2.75, 3.05) is 25.0 Å². The van der Waals surface area contributed by atoms with Crippen molar-refractivity contribution in [2.24, 2.45) is 0 Å². The van der Waals surface area contributed by atoms with Gasteiger partial charge in [-0.2, -0.15) is 0 Å². The van der Waals surface area contributed by atoms with Gasteiger partial charge in [-0.05, 0) is 68.0 Å². The minimum absolute atomic E-state index is 0.0160. The Bertz CT molecular complexity index is 1030. The quantitative estimate of drug-likeness (QED) is 0.645. The summed E-state index contributed by atoms with van der Waals surface area (Å²) < 4.78 is 46.1.